The number of amides is 2. The van der Waals surface area contributed by atoms with E-state index in [0.29, 0.717) is 24.5 Å². The Morgan fingerprint density at radius 3 is 2.38 bits per heavy atom. The Bertz CT molecular complexity index is 711. The molecule has 0 radical (unpaired) electrons. The van der Waals surface area contributed by atoms with Crippen molar-refractivity contribution in [1.29, 1.82) is 0 Å². The molecule has 0 bridgehead atoms. The number of ether oxygens (including phenoxy) is 1. The molecule has 0 fully saturated rings. The summed E-state index contributed by atoms with van der Waals surface area (Å²) in [5.74, 6) is -0.531. The molecule has 24 heavy (non-hydrogen) atoms. The van der Waals surface area contributed by atoms with Crippen LogP contribution < -0.4 is 15.0 Å². The molecule has 2 aromatic rings. The van der Waals surface area contributed by atoms with Gasteiger partial charge in [0.05, 0.1) is 6.61 Å². The molecule has 0 aliphatic carbocycles. The molecule has 0 saturated heterocycles. The molecule has 0 aromatic heterocycles. The number of anilines is 2. The second-order valence-electron chi connectivity index (χ2n) is 5.30. The summed E-state index contributed by atoms with van der Waals surface area (Å²) in [7, 11) is 0. The van der Waals surface area contributed by atoms with Gasteiger partial charge in [-0.2, -0.15) is 0 Å². The van der Waals surface area contributed by atoms with Crippen molar-refractivity contribution in [3.63, 3.8) is 0 Å². The van der Waals surface area contributed by atoms with Crippen LogP contribution in [-0.2, 0) is 9.59 Å². The number of hydrogen-bond donors (Lipinski definition) is 1. The van der Waals surface area contributed by atoms with Crippen LogP contribution in [0.25, 0.3) is 0 Å². The number of carbonyl (C=O) groups excluding carboxylic acids is 2. The number of nitrogens with one attached hydrogen (secondary N) is 1. The topological polar surface area (TPSA) is 58.6 Å². The van der Waals surface area contributed by atoms with Crippen LogP contribution in [0.3, 0.4) is 0 Å². The maximum atomic E-state index is 12.4. The van der Waals surface area contributed by atoms with Gasteiger partial charge in [-0.15, -0.1) is 0 Å². The highest BCUT2D eigenvalue weighted by Gasteiger charge is 2.22. The second kappa shape index (κ2) is 8.15. The van der Waals surface area contributed by atoms with E-state index in [0.717, 1.165) is 11.3 Å². The Morgan fingerprint density at radius 2 is 1.79 bits per heavy atom. The number of aryl methyl sites for hydroxylation is 1. The lowest BCUT2D eigenvalue weighted by Crippen LogP contribution is -2.39. The molecular weight excluding hydrogens is 304 g/mol. The maximum absolute atomic E-state index is 12.4. The Kier molecular flexibility index (Phi) is 5.95. The third-order valence-electron chi connectivity index (χ3n) is 3.49. The summed E-state index contributed by atoms with van der Waals surface area (Å²) in [6.45, 7) is 6.68. The second-order valence-corrected chi connectivity index (χ2v) is 5.30. The Labute approximate surface area is 142 Å². The minimum Gasteiger partial charge on any atom is -0.494 e. The summed E-state index contributed by atoms with van der Waals surface area (Å²) >= 11 is 0. The average molecular weight is 326 g/mol. The number of likely N-dealkylation sites (N-methyl/N-ethyl adjacent to an activating group) is 1. The van der Waals surface area contributed by atoms with Gasteiger partial charge < -0.3 is 15.0 Å². The third-order valence-corrected chi connectivity index (χ3v) is 3.49. The van der Waals surface area contributed by atoms with Crippen molar-refractivity contribution in [2.75, 3.05) is 23.4 Å². The first-order chi connectivity index (χ1) is 11.5. The van der Waals surface area contributed by atoms with E-state index in [4.69, 9.17) is 4.74 Å². The normalized spacial score (nSPS) is 10.1. The van der Waals surface area contributed by atoms with Crippen molar-refractivity contribution < 1.29 is 14.3 Å². The lowest BCUT2D eigenvalue weighted by Gasteiger charge is -2.20. The smallest absolute Gasteiger partial charge is 0.316 e. The summed E-state index contributed by atoms with van der Waals surface area (Å²) in [4.78, 5) is 26.2. The van der Waals surface area contributed by atoms with Crippen LogP contribution in [0.5, 0.6) is 5.75 Å². The van der Waals surface area contributed by atoms with Gasteiger partial charge in [-0.1, -0.05) is 12.1 Å². The molecule has 0 spiro atoms. The van der Waals surface area contributed by atoms with Crippen molar-refractivity contribution in [2.45, 2.75) is 20.8 Å². The molecule has 2 rings (SSSR count). The first-order valence-corrected chi connectivity index (χ1v) is 7.97. The van der Waals surface area contributed by atoms with Crippen LogP contribution in [-0.4, -0.2) is 25.0 Å². The van der Waals surface area contributed by atoms with E-state index < -0.39 is 11.8 Å². The molecule has 126 valence electrons. The molecule has 2 amide bonds. The molecule has 2 aromatic carbocycles. The summed E-state index contributed by atoms with van der Waals surface area (Å²) in [5, 5.41) is 2.62. The van der Waals surface area contributed by atoms with Crippen molar-refractivity contribution in [2.24, 2.45) is 0 Å². The van der Waals surface area contributed by atoms with Crippen molar-refractivity contribution in [3.05, 3.63) is 54.1 Å². The zero-order valence-corrected chi connectivity index (χ0v) is 14.2. The van der Waals surface area contributed by atoms with Crippen molar-refractivity contribution >= 4 is 23.2 Å². The lowest BCUT2D eigenvalue weighted by atomic mass is 10.2. The van der Waals surface area contributed by atoms with Crippen LogP contribution >= 0.6 is 0 Å². The highest BCUT2D eigenvalue weighted by molar-refractivity contribution is 6.44. The van der Waals surface area contributed by atoms with Crippen LogP contribution in [0.2, 0.25) is 0 Å². The predicted octanol–water partition coefficient (Wildman–Crippen LogP) is 3.39. The zero-order valence-electron chi connectivity index (χ0n) is 14.2. The third kappa shape index (κ3) is 4.35. The molecule has 0 saturated carbocycles. The fourth-order valence-corrected chi connectivity index (χ4v) is 2.35. The fraction of sp³-hybridized carbons (Fsp3) is 0.263. The largest absolute Gasteiger partial charge is 0.494 e. The minimum absolute atomic E-state index is 0.416. The highest BCUT2D eigenvalue weighted by atomic mass is 16.5. The van der Waals surface area contributed by atoms with Gasteiger partial charge in [0.15, 0.2) is 0 Å². The first kappa shape index (κ1) is 17.5. The van der Waals surface area contributed by atoms with Crippen LogP contribution in [0.15, 0.2) is 48.5 Å². The van der Waals surface area contributed by atoms with Crippen molar-refractivity contribution in [1.82, 2.24) is 0 Å². The fourth-order valence-electron chi connectivity index (χ4n) is 2.35. The molecular formula is C19H22N2O3. The number of nitrogens with zero attached hydrogens (tertiary/aromatic N) is 1. The summed E-state index contributed by atoms with van der Waals surface area (Å²) in [6, 6.07) is 14.4. The number of hydrogen-bond acceptors (Lipinski definition) is 3. The maximum Gasteiger partial charge on any atom is 0.316 e. The Balaban J connectivity index is 2.08. The van der Waals surface area contributed by atoms with E-state index in [-0.39, 0.29) is 0 Å². The number of carbonyl (C=O) groups is 2. The molecule has 0 heterocycles. The zero-order chi connectivity index (χ0) is 17.5. The number of rotatable bonds is 5. The molecule has 5 heteroatoms. The summed E-state index contributed by atoms with van der Waals surface area (Å²) < 4.78 is 5.35. The highest BCUT2D eigenvalue weighted by Crippen LogP contribution is 2.18. The Hall–Kier alpha value is -2.82. The molecule has 1 N–H and O–H groups in total. The first-order valence-electron chi connectivity index (χ1n) is 7.97. The lowest BCUT2D eigenvalue weighted by molar-refractivity contribution is -0.134. The average Bonchev–Trinajstić information content (AvgIpc) is 2.57. The molecule has 0 atom stereocenters. The van der Waals surface area contributed by atoms with E-state index in [1.54, 1.807) is 24.3 Å². The van der Waals surface area contributed by atoms with E-state index in [1.807, 2.05) is 45.0 Å². The number of benzene rings is 2. The van der Waals surface area contributed by atoms with Gasteiger partial charge in [0.2, 0.25) is 0 Å². The molecule has 0 aliphatic heterocycles. The van der Waals surface area contributed by atoms with Gasteiger partial charge in [-0.05, 0) is 62.7 Å². The minimum atomic E-state index is -0.664. The molecule has 5 nitrogen and oxygen atoms in total. The van der Waals surface area contributed by atoms with E-state index in [2.05, 4.69) is 5.32 Å². The summed E-state index contributed by atoms with van der Waals surface area (Å²) in [6.07, 6.45) is 0. The van der Waals surface area contributed by atoms with Gasteiger partial charge >= 0.3 is 11.8 Å². The van der Waals surface area contributed by atoms with Gasteiger partial charge in [0.25, 0.3) is 0 Å². The Morgan fingerprint density at radius 1 is 1.08 bits per heavy atom. The standard InChI is InChI=1S/C19H22N2O3/c1-4-21(16-8-6-7-14(3)13-16)19(23)18(22)20-15-9-11-17(12-10-15)24-5-2/h6-13H,4-5H2,1-3H3,(H,20,22). The van der Waals surface area contributed by atoms with E-state index >= 15 is 0 Å². The van der Waals surface area contributed by atoms with Crippen LogP contribution in [0.1, 0.15) is 19.4 Å². The summed E-state index contributed by atoms with van der Waals surface area (Å²) in [5.41, 5.74) is 2.30. The van der Waals surface area contributed by atoms with Crippen LogP contribution in [0.4, 0.5) is 11.4 Å². The van der Waals surface area contributed by atoms with Gasteiger partial charge in [-0.25, -0.2) is 0 Å². The van der Waals surface area contributed by atoms with Gasteiger partial charge in [-0.3, -0.25) is 9.59 Å². The quantitative estimate of drug-likeness (QED) is 0.857. The van der Waals surface area contributed by atoms with E-state index in [9.17, 15) is 9.59 Å². The predicted molar refractivity (Wildman–Crippen MR) is 95.4 cm³/mol. The van der Waals surface area contributed by atoms with Crippen LogP contribution in [0, 0.1) is 6.92 Å². The van der Waals surface area contributed by atoms with Gasteiger partial charge in [0, 0.05) is 17.9 Å². The SMILES string of the molecule is CCOc1ccc(NC(=O)C(=O)N(CC)c2cccc(C)c2)cc1. The van der Waals surface area contributed by atoms with Gasteiger partial charge in [0.1, 0.15) is 5.75 Å². The van der Waals surface area contributed by atoms with Crippen molar-refractivity contribution in [3.8, 4) is 5.75 Å². The molecule has 0 unspecified atom stereocenters. The van der Waals surface area contributed by atoms with E-state index in [1.165, 1.54) is 4.90 Å². The monoisotopic (exact) mass is 326 g/mol. The molecule has 0 aliphatic rings.